The molecule has 0 amide bonds. The SMILES string of the molecule is CC[Si](C#C/C(Br)=C/CCc1ccccc1)(CC)CC. The van der Waals surface area contributed by atoms with Crippen LogP contribution in [0, 0.1) is 11.5 Å². The molecule has 0 aliphatic carbocycles. The van der Waals surface area contributed by atoms with Gasteiger partial charge in [0.25, 0.3) is 0 Å². The van der Waals surface area contributed by atoms with Gasteiger partial charge >= 0.3 is 0 Å². The zero-order valence-corrected chi connectivity index (χ0v) is 15.5. The number of allylic oxidation sites excluding steroid dienone is 2. The molecular formula is C18H25BrSi. The minimum atomic E-state index is -1.32. The van der Waals surface area contributed by atoms with Crippen LogP contribution < -0.4 is 0 Å². The van der Waals surface area contributed by atoms with Gasteiger partial charge in [0, 0.05) is 0 Å². The van der Waals surface area contributed by atoms with Gasteiger partial charge < -0.3 is 0 Å². The number of aryl methyl sites for hydroxylation is 1. The molecule has 1 aromatic carbocycles. The van der Waals surface area contributed by atoms with Crippen LogP contribution in [0.15, 0.2) is 40.9 Å². The molecule has 0 saturated heterocycles. The molecule has 0 unspecified atom stereocenters. The second kappa shape index (κ2) is 9.21. The summed E-state index contributed by atoms with van der Waals surface area (Å²) >= 11 is 3.60. The highest BCUT2D eigenvalue weighted by atomic mass is 79.9. The predicted molar refractivity (Wildman–Crippen MR) is 96.7 cm³/mol. The summed E-state index contributed by atoms with van der Waals surface area (Å²) in [5.74, 6) is 3.35. The summed E-state index contributed by atoms with van der Waals surface area (Å²) in [6.07, 6.45) is 4.33. The average molecular weight is 349 g/mol. The lowest BCUT2D eigenvalue weighted by Crippen LogP contribution is -2.29. The molecule has 2 heteroatoms. The molecule has 1 rings (SSSR count). The fourth-order valence-corrected chi connectivity index (χ4v) is 5.21. The van der Waals surface area contributed by atoms with Gasteiger partial charge in [-0.2, -0.15) is 0 Å². The highest BCUT2D eigenvalue weighted by Gasteiger charge is 2.24. The standard InChI is InChI=1S/C18H25BrSi/c1-4-20(5-2,6-3)16-15-18(19)14-10-13-17-11-8-7-9-12-17/h7-9,11-12,14H,4-6,10,13H2,1-3H3/b18-14-. The van der Waals surface area contributed by atoms with E-state index in [1.165, 1.54) is 23.7 Å². The Morgan fingerprint density at radius 2 is 1.70 bits per heavy atom. The summed E-state index contributed by atoms with van der Waals surface area (Å²) in [5, 5.41) is 0. The summed E-state index contributed by atoms with van der Waals surface area (Å²) in [6, 6.07) is 14.4. The van der Waals surface area contributed by atoms with Crippen LogP contribution in [-0.4, -0.2) is 8.07 Å². The second-order valence-electron chi connectivity index (χ2n) is 5.17. The molecule has 0 saturated carbocycles. The van der Waals surface area contributed by atoms with Gasteiger partial charge in [0.15, 0.2) is 0 Å². The van der Waals surface area contributed by atoms with Crippen molar-refractivity contribution in [1.29, 1.82) is 0 Å². The van der Waals surface area contributed by atoms with E-state index in [1.54, 1.807) is 0 Å². The number of hydrogen-bond acceptors (Lipinski definition) is 0. The third kappa shape index (κ3) is 5.69. The van der Waals surface area contributed by atoms with E-state index < -0.39 is 8.07 Å². The van der Waals surface area contributed by atoms with Crippen LogP contribution in [0.1, 0.15) is 32.8 Å². The van der Waals surface area contributed by atoms with Crippen LogP contribution >= 0.6 is 15.9 Å². The normalized spacial score (nSPS) is 11.9. The minimum absolute atomic E-state index is 1.04. The minimum Gasteiger partial charge on any atom is -0.125 e. The van der Waals surface area contributed by atoms with E-state index in [0.717, 1.165) is 17.3 Å². The Morgan fingerprint density at radius 1 is 1.10 bits per heavy atom. The molecule has 20 heavy (non-hydrogen) atoms. The third-order valence-corrected chi connectivity index (χ3v) is 9.31. The Hall–Kier alpha value is -0.783. The fraction of sp³-hybridized carbons (Fsp3) is 0.444. The Morgan fingerprint density at radius 3 is 2.25 bits per heavy atom. The maximum atomic E-state index is 3.60. The monoisotopic (exact) mass is 348 g/mol. The summed E-state index contributed by atoms with van der Waals surface area (Å²) in [5.41, 5.74) is 4.99. The van der Waals surface area contributed by atoms with Crippen molar-refractivity contribution in [2.45, 2.75) is 51.7 Å². The van der Waals surface area contributed by atoms with E-state index in [0.29, 0.717) is 0 Å². The number of rotatable bonds is 6. The van der Waals surface area contributed by atoms with Crippen LogP contribution in [0.2, 0.25) is 18.1 Å². The Bertz CT molecular complexity index is 467. The van der Waals surface area contributed by atoms with Crippen LogP contribution in [-0.2, 0) is 6.42 Å². The van der Waals surface area contributed by atoms with Crippen molar-refractivity contribution in [3.63, 3.8) is 0 Å². The van der Waals surface area contributed by atoms with Crippen LogP contribution in [0.25, 0.3) is 0 Å². The van der Waals surface area contributed by atoms with Crippen molar-refractivity contribution in [2.75, 3.05) is 0 Å². The highest BCUT2D eigenvalue weighted by Crippen LogP contribution is 2.19. The zero-order valence-electron chi connectivity index (χ0n) is 12.9. The first-order valence-electron chi connectivity index (χ1n) is 7.58. The summed E-state index contributed by atoms with van der Waals surface area (Å²) in [6.45, 7) is 6.88. The number of hydrogen-bond donors (Lipinski definition) is 0. The lowest BCUT2D eigenvalue weighted by atomic mass is 10.1. The van der Waals surface area contributed by atoms with Crippen molar-refractivity contribution in [3.05, 3.63) is 46.5 Å². The number of benzene rings is 1. The van der Waals surface area contributed by atoms with Crippen molar-refractivity contribution in [2.24, 2.45) is 0 Å². The van der Waals surface area contributed by atoms with Gasteiger partial charge in [-0.1, -0.05) is 63.1 Å². The van der Waals surface area contributed by atoms with E-state index >= 15 is 0 Å². The van der Waals surface area contributed by atoms with Crippen molar-refractivity contribution in [3.8, 4) is 11.5 Å². The Balaban J connectivity index is 2.58. The van der Waals surface area contributed by atoms with Gasteiger partial charge in [-0.25, -0.2) is 0 Å². The molecule has 0 aliphatic rings. The van der Waals surface area contributed by atoms with Gasteiger partial charge in [-0.05, 0) is 52.5 Å². The summed E-state index contributed by atoms with van der Waals surface area (Å²) < 4.78 is 1.06. The van der Waals surface area contributed by atoms with E-state index in [1.807, 2.05) is 0 Å². The molecule has 0 heterocycles. The van der Waals surface area contributed by atoms with Crippen LogP contribution in [0.4, 0.5) is 0 Å². The van der Waals surface area contributed by atoms with Gasteiger partial charge in [0.2, 0.25) is 0 Å². The maximum Gasteiger partial charge on any atom is 0.138 e. The summed E-state index contributed by atoms with van der Waals surface area (Å²) in [7, 11) is -1.32. The molecule has 0 N–H and O–H groups in total. The summed E-state index contributed by atoms with van der Waals surface area (Å²) in [4.78, 5) is 0. The van der Waals surface area contributed by atoms with Crippen molar-refractivity contribution in [1.82, 2.24) is 0 Å². The highest BCUT2D eigenvalue weighted by molar-refractivity contribution is 9.12. The smallest absolute Gasteiger partial charge is 0.125 e. The van der Waals surface area contributed by atoms with Gasteiger partial charge in [-0.15, -0.1) is 5.54 Å². The quantitative estimate of drug-likeness (QED) is 0.440. The first-order valence-corrected chi connectivity index (χ1v) is 11.0. The van der Waals surface area contributed by atoms with Gasteiger partial charge in [-0.3, -0.25) is 0 Å². The third-order valence-electron chi connectivity index (χ3n) is 4.08. The molecular weight excluding hydrogens is 324 g/mol. The topological polar surface area (TPSA) is 0 Å². The molecule has 0 aromatic heterocycles. The zero-order chi connectivity index (χ0) is 14.8. The first kappa shape index (κ1) is 17.3. The molecule has 108 valence electrons. The van der Waals surface area contributed by atoms with Gasteiger partial charge in [0.1, 0.15) is 8.07 Å². The van der Waals surface area contributed by atoms with Gasteiger partial charge in [0.05, 0.1) is 4.48 Å². The Labute approximate surface area is 133 Å². The predicted octanol–water partition coefficient (Wildman–Crippen LogP) is 5.95. The van der Waals surface area contributed by atoms with Crippen molar-refractivity contribution < 1.29 is 0 Å². The van der Waals surface area contributed by atoms with E-state index in [4.69, 9.17) is 0 Å². The lowest BCUT2D eigenvalue weighted by Gasteiger charge is -2.19. The fourth-order valence-electron chi connectivity index (χ4n) is 2.27. The second-order valence-corrected chi connectivity index (χ2v) is 11.0. The average Bonchev–Trinajstić information content (AvgIpc) is 2.50. The van der Waals surface area contributed by atoms with Crippen molar-refractivity contribution >= 4 is 24.0 Å². The van der Waals surface area contributed by atoms with Crippen LogP contribution in [0.5, 0.6) is 0 Å². The molecule has 1 aromatic rings. The number of halogens is 1. The maximum absolute atomic E-state index is 3.60. The molecule has 0 radical (unpaired) electrons. The molecule has 0 bridgehead atoms. The molecule has 0 nitrogen and oxygen atoms in total. The molecule has 0 atom stereocenters. The van der Waals surface area contributed by atoms with E-state index in [9.17, 15) is 0 Å². The van der Waals surface area contributed by atoms with E-state index in [2.05, 4.69) is 84.6 Å². The first-order chi connectivity index (χ1) is 9.65. The molecule has 0 spiro atoms. The largest absolute Gasteiger partial charge is 0.138 e. The lowest BCUT2D eigenvalue weighted by molar-refractivity contribution is 1.00. The molecule has 0 aliphatic heterocycles. The van der Waals surface area contributed by atoms with Crippen LogP contribution in [0.3, 0.4) is 0 Å². The Kier molecular flexibility index (Phi) is 7.95. The molecule has 0 fully saturated rings. The van der Waals surface area contributed by atoms with E-state index in [-0.39, 0.29) is 0 Å².